The van der Waals surface area contributed by atoms with Crippen LogP contribution in [0.5, 0.6) is 0 Å². The Hall–Kier alpha value is -5.08. The highest BCUT2D eigenvalue weighted by Gasteiger charge is 2.41. The molecule has 0 atom stereocenters. The molecular formula is C43H40N2. The van der Waals surface area contributed by atoms with E-state index >= 15 is 0 Å². The summed E-state index contributed by atoms with van der Waals surface area (Å²) in [6.07, 6.45) is 0. The molecule has 2 nitrogen and oxygen atoms in total. The fourth-order valence-corrected chi connectivity index (χ4v) is 6.57. The molecule has 7 rings (SSSR count). The Labute approximate surface area is 268 Å². The molecule has 6 aromatic rings. The fraction of sp³-hybridized carbons (Fsp3) is 0.163. The molecule has 2 heteroatoms. The van der Waals surface area contributed by atoms with Crippen molar-refractivity contribution < 1.29 is 0 Å². The average Bonchev–Trinajstić information content (AvgIpc) is 3.61. The number of nitrogens with zero attached hydrogens (tertiary/aromatic N) is 2. The highest BCUT2D eigenvalue weighted by atomic mass is 15.2. The number of fused-ring (bicyclic) bond motifs is 1. The van der Waals surface area contributed by atoms with Gasteiger partial charge in [0.15, 0.2) is 0 Å². The van der Waals surface area contributed by atoms with Crippen molar-refractivity contribution in [2.45, 2.75) is 45.6 Å². The van der Waals surface area contributed by atoms with E-state index in [1.54, 1.807) is 0 Å². The Bertz CT molecular complexity index is 1910. The predicted octanol–water partition coefficient (Wildman–Crippen LogP) is 12.1. The van der Waals surface area contributed by atoms with Crippen LogP contribution < -0.4 is 9.80 Å². The van der Waals surface area contributed by atoms with Crippen molar-refractivity contribution in [1.29, 1.82) is 0 Å². The summed E-state index contributed by atoms with van der Waals surface area (Å²) < 4.78 is 0. The van der Waals surface area contributed by atoms with Gasteiger partial charge >= 0.3 is 0 Å². The van der Waals surface area contributed by atoms with Gasteiger partial charge in [0.25, 0.3) is 0 Å². The van der Waals surface area contributed by atoms with Gasteiger partial charge in [0, 0.05) is 39.4 Å². The molecule has 0 heterocycles. The van der Waals surface area contributed by atoms with Gasteiger partial charge in [-0.15, -0.1) is 0 Å². The smallest absolute Gasteiger partial charge is 0.0464 e. The standard InChI is InChI=1S/C43H40N2/c1-42(2,3)45(37-14-10-7-11-15-37)38-26-22-34(23-27-38)32-18-16-31(17-19-32)33-20-24-36(25-21-33)44(35-12-8-6-9-13-35)39-28-29-40-41(30-39)43(40,4)5/h6-30H,1-5H3. The molecule has 0 saturated heterocycles. The summed E-state index contributed by atoms with van der Waals surface area (Å²) in [5, 5.41) is 0. The number of anilines is 5. The lowest BCUT2D eigenvalue weighted by Crippen LogP contribution is -2.37. The highest BCUT2D eigenvalue weighted by molar-refractivity contribution is 5.81. The quantitative estimate of drug-likeness (QED) is 0.184. The van der Waals surface area contributed by atoms with E-state index in [1.165, 1.54) is 50.4 Å². The molecule has 0 saturated carbocycles. The summed E-state index contributed by atoms with van der Waals surface area (Å²) in [5.41, 5.74) is 13.8. The molecule has 45 heavy (non-hydrogen) atoms. The van der Waals surface area contributed by atoms with Crippen LogP contribution in [-0.2, 0) is 5.41 Å². The van der Waals surface area contributed by atoms with Crippen molar-refractivity contribution >= 4 is 28.4 Å². The van der Waals surface area contributed by atoms with Crippen LogP contribution in [0.3, 0.4) is 0 Å². The van der Waals surface area contributed by atoms with Crippen LogP contribution >= 0.6 is 0 Å². The third-order valence-corrected chi connectivity index (χ3v) is 9.05. The summed E-state index contributed by atoms with van der Waals surface area (Å²) in [5.74, 6) is 0. The lowest BCUT2D eigenvalue weighted by atomic mass is 9.98. The maximum Gasteiger partial charge on any atom is 0.0464 e. The van der Waals surface area contributed by atoms with E-state index in [1.807, 2.05) is 0 Å². The minimum absolute atomic E-state index is 0.0442. The van der Waals surface area contributed by atoms with Crippen LogP contribution in [0.15, 0.2) is 152 Å². The molecule has 0 aliphatic heterocycles. The second-order valence-electron chi connectivity index (χ2n) is 13.5. The molecule has 0 aromatic heterocycles. The van der Waals surface area contributed by atoms with Gasteiger partial charge in [-0.25, -0.2) is 0 Å². The molecule has 1 aliphatic rings. The van der Waals surface area contributed by atoms with Crippen molar-refractivity contribution in [3.63, 3.8) is 0 Å². The van der Waals surface area contributed by atoms with Crippen molar-refractivity contribution in [2.75, 3.05) is 9.80 Å². The number of para-hydroxylation sites is 2. The predicted molar refractivity (Wildman–Crippen MR) is 192 cm³/mol. The van der Waals surface area contributed by atoms with Crippen LogP contribution in [0, 0.1) is 0 Å². The molecule has 222 valence electrons. The van der Waals surface area contributed by atoms with E-state index < -0.39 is 0 Å². The lowest BCUT2D eigenvalue weighted by molar-refractivity contribution is 0.560. The monoisotopic (exact) mass is 584 g/mol. The van der Waals surface area contributed by atoms with E-state index in [0.29, 0.717) is 0 Å². The fourth-order valence-electron chi connectivity index (χ4n) is 6.57. The van der Waals surface area contributed by atoms with E-state index in [-0.39, 0.29) is 11.0 Å². The van der Waals surface area contributed by atoms with E-state index in [4.69, 9.17) is 0 Å². The van der Waals surface area contributed by atoms with Crippen LogP contribution in [0.2, 0.25) is 0 Å². The lowest BCUT2D eigenvalue weighted by Gasteiger charge is -2.38. The second kappa shape index (κ2) is 11.1. The van der Waals surface area contributed by atoms with Gasteiger partial charge in [0.1, 0.15) is 0 Å². The minimum atomic E-state index is -0.0442. The first kappa shape index (κ1) is 28.7. The van der Waals surface area contributed by atoms with Crippen LogP contribution in [0.25, 0.3) is 22.3 Å². The highest BCUT2D eigenvalue weighted by Crippen LogP contribution is 2.51. The molecule has 0 unspecified atom stereocenters. The van der Waals surface area contributed by atoms with Crippen molar-refractivity contribution in [2.24, 2.45) is 0 Å². The van der Waals surface area contributed by atoms with Gasteiger partial charge in [-0.1, -0.05) is 105 Å². The first-order valence-corrected chi connectivity index (χ1v) is 15.9. The third-order valence-electron chi connectivity index (χ3n) is 9.05. The minimum Gasteiger partial charge on any atom is -0.336 e. The van der Waals surface area contributed by atoms with Gasteiger partial charge in [0.2, 0.25) is 0 Å². The molecule has 6 aromatic carbocycles. The topological polar surface area (TPSA) is 6.48 Å². The molecule has 0 fully saturated rings. The van der Waals surface area contributed by atoms with Crippen LogP contribution in [0.4, 0.5) is 28.4 Å². The Balaban J connectivity index is 1.12. The first-order valence-electron chi connectivity index (χ1n) is 15.9. The summed E-state index contributed by atoms with van der Waals surface area (Å²) in [4.78, 5) is 4.74. The first-order chi connectivity index (χ1) is 21.7. The number of rotatable bonds is 7. The van der Waals surface area contributed by atoms with Crippen molar-refractivity contribution in [3.05, 3.63) is 163 Å². The van der Waals surface area contributed by atoms with Gasteiger partial charge in [-0.05, 0) is 115 Å². The number of hydrogen-bond acceptors (Lipinski definition) is 2. The SMILES string of the molecule is CC1(C)c2ccc(N(c3ccccc3)c3ccc(-c4ccc(-c5ccc(N(c6ccccc6)C(C)(C)C)cc5)cc4)cc3)cc21. The van der Waals surface area contributed by atoms with E-state index in [0.717, 1.165) is 11.4 Å². The van der Waals surface area contributed by atoms with Gasteiger partial charge < -0.3 is 9.80 Å². The Morgan fingerprint density at radius 2 is 0.778 bits per heavy atom. The molecule has 0 radical (unpaired) electrons. The zero-order valence-electron chi connectivity index (χ0n) is 26.8. The second-order valence-corrected chi connectivity index (χ2v) is 13.5. The Morgan fingerprint density at radius 1 is 0.400 bits per heavy atom. The average molecular weight is 585 g/mol. The van der Waals surface area contributed by atoms with Gasteiger partial charge in [0.05, 0.1) is 0 Å². The maximum absolute atomic E-state index is 2.39. The van der Waals surface area contributed by atoms with E-state index in [2.05, 4.69) is 196 Å². The summed E-state index contributed by atoms with van der Waals surface area (Å²) in [6.45, 7) is 11.4. The normalized spacial score (nSPS) is 13.2. The van der Waals surface area contributed by atoms with E-state index in [9.17, 15) is 0 Å². The zero-order valence-corrected chi connectivity index (χ0v) is 26.8. The zero-order chi connectivity index (χ0) is 31.2. The molecule has 0 amide bonds. The Kier molecular flexibility index (Phi) is 7.09. The van der Waals surface area contributed by atoms with Gasteiger partial charge in [-0.3, -0.25) is 0 Å². The largest absolute Gasteiger partial charge is 0.336 e. The molecule has 1 aliphatic carbocycles. The molecular weight excluding hydrogens is 544 g/mol. The molecule has 0 spiro atoms. The molecule has 0 N–H and O–H groups in total. The summed E-state index contributed by atoms with van der Waals surface area (Å²) >= 11 is 0. The van der Waals surface area contributed by atoms with Gasteiger partial charge in [-0.2, -0.15) is 0 Å². The Morgan fingerprint density at radius 3 is 1.24 bits per heavy atom. The maximum atomic E-state index is 2.39. The van der Waals surface area contributed by atoms with Crippen LogP contribution in [0.1, 0.15) is 45.7 Å². The van der Waals surface area contributed by atoms with Crippen LogP contribution in [-0.4, -0.2) is 5.54 Å². The summed E-state index contributed by atoms with van der Waals surface area (Å²) in [6, 6.07) is 54.9. The van der Waals surface area contributed by atoms with Crippen molar-refractivity contribution in [1.82, 2.24) is 0 Å². The van der Waals surface area contributed by atoms with Crippen molar-refractivity contribution in [3.8, 4) is 22.3 Å². The number of hydrogen-bond donors (Lipinski definition) is 0. The number of benzene rings is 6. The summed E-state index contributed by atoms with van der Waals surface area (Å²) in [7, 11) is 0. The third kappa shape index (κ3) is 5.53. The molecule has 0 bridgehead atoms.